The van der Waals surface area contributed by atoms with E-state index in [-0.39, 0.29) is 17.1 Å². The number of nitrogens with zero attached hydrogens (tertiary/aromatic N) is 3. The number of rotatable bonds is 3. The Labute approximate surface area is 108 Å². The van der Waals surface area contributed by atoms with Gasteiger partial charge in [0.05, 0.1) is 16.6 Å². The third-order valence-electron chi connectivity index (χ3n) is 3.05. The van der Waals surface area contributed by atoms with E-state index in [0.717, 1.165) is 12.3 Å². The predicted octanol–water partition coefficient (Wildman–Crippen LogP) is 0.649. The van der Waals surface area contributed by atoms with Crippen molar-refractivity contribution in [2.45, 2.75) is 18.9 Å². The molecule has 1 aliphatic heterocycles. The van der Waals surface area contributed by atoms with Crippen LogP contribution in [0.1, 0.15) is 23.2 Å². The molecule has 1 aliphatic rings. The number of aliphatic hydroxyl groups is 1. The minimum absolute atomic E-state index is 0.155. The Bertz CT molecular complexity index is 511. The number of carbonyl (C=O) groups is 1. The second kappa shape index (κ2) is 5.19. The lowest BCUT2D eigenvalue weighted by Gasteiger charge is -2.30. The Balaban J connectivity index is 2.34. The number of aromatic carboxylic acids is 1. The Kier molecular flexibility index (Phi) is 3.61. The molecule has 8 heteroatoms. The SMILES string of the molecule is O=C(O)c1cnc(N2CCC(O)CC2)c([N+](=O)[O-])c1. The molecular weight excluding hydrogens is 254 g/mol. The number of hydrogen-bond donors (Lipinski definition) is 2. The molecule has 1 saturated heterocycles. The molecule has 19 heavy (non-hydrogen) atoms. The van der Waals surface area contributed by atoms with Crippen LogP contribution in [0.25, 0.3) is 0 Å². The topological polar surface area (TPSA) is 117 Å². The van der Waals surface area contributed by atoms with Gasteiger partial charge in [0.15, 0.2) is 0 Å². The molecule has 2 heterocycles. The van der Waals surface area contributed by atoms with Gasteiger partial charge in [-0.15, -0.1) is 0 Å². The van der Waals surface area contributed by atoms with Gasteiger partial charge in [-0.1, -0.05) is 0 Å². The summed E-state index contributed by atoms with van der Waals surface area (Å²) >= 11 is 0. The van der Waals surface area contributed by atoms with Gasteiger partial charge >= 0.3 is 11.7 Å². The molecule has 0 aliphatic carbocycles. The van der Waals surface area contributed by atoms with E-state index in [1.54, 1.807) is 4.90 Å². The third-order valence-corrected chi connectivity index (χ3v) is 3.05. The molecule has 0 radical (unpaired) electrons. The summed E-state index contributed by atoms with van der Waals surface area (Å²) < 4.78 is 0. The fourth-order valence-corrected chi connectivity index (χ4v) is 2.02. The average Bonchev–Trinajstić information content (AvgIpc) is 2.38. The van der Waals surface area contributed by atoms with Gasteiger partial charge in [0.2, 0.25) is 5.82 Å². The van der Waals surface area contributed by atoms with Crippen molar-refractivity contribution < 1.29 is 19.9 Å². The Hall–Kier alpha value is -2.22. The zero-order valence-electron chi connectivity index (χ0n) is 10.0. The second-order valence-corrected chi connectivity index (χ2v) is 4.35. The average molecular weight is 267 g/mol. The van der Waals surface area contributed by atoms with Crippen LogP contribution < -0.4 is 4.90 Å². The lowest BCUT2D eigenvalue weighted by molar-refractivity contribution is -0.384. The van der Waals surface area contributed by atoms with Crippen molar-refractivity contribution in [3.8, 4) is 0 Å². The highest BCUT2D eigenvalue weighted by Gasteiger charge is 2.26. The van der Waals surface area contributed by atoms with Gasteiger partial charge in [-0.25, -0.2) is 9.78 Å². The maximum atomic E-state index is 11.0. The number of nitro groups is 1. The van der Waals surface area contributed by atoms with Crippen LogP contribution in [0.4, 0.5) is 11.5 Å². The van der Waals surface area contributed by atoms with E-state index in [2.05, 4.69) is 4.98 Å². The van der Waals surface area contributed by atoms with Crippen LogP contribution >= 0.6 is 0 Å². The number of carboxylic acids is 1. The molecule has 0 saturated carbocycles. The molecule has 2 rings (SSSR count). The highest BCUT2D eigenvalue weighted by Crippen LogP contribution is 2.28. The quantitative estimate of drug-likeness (QED) is 0.609. The summed E-state index contributed by atoms with van der Waals surface area (Å²) in [5.74, 6) is -1.10. The summed E-state index contributed by atoms with van der Waals surface area (Å²) in [4.78, 5) is 26.7. The number of hydrogen-bond acceptors (Lipinski definition) is 6. The van der Waals surface area contributed by atoms with Crippen LogP contribution in [0.5, 0.6) is 0 Å². The normalized spacial score (nSPS) is 16.4. The Morgan fingerprint density at radius 3 is 2.63 bits per heavy atom. The van der Waals surface area contributed by atoms with Crippen LogP contribution in [0.15, 0.2) is 12.3 Å². The maximum Gasteiger partial charge on any atom is 0.337 e. The summed E-state index contributed by atoms with van der Waals surface area (Å²) in [7, 11) is 0. The lowest BCUT2D eigenvalue weighted by Crippen LogP contribution is -2.36. The highest BCUT2D eigenvalue weighted by atomic mass is 16.6. The van der Waals surface area contributed by atoms with Crippen molar-refractivity contribution in [2.75, 3.05) is 18.0 Å². The molecule has 0 amide bonds. The molecule has 2 N–H and O–H groups in total. The number of pyridine rings is 1. The van der Waals surface area contributed by atoms with Crippen LogP contribution in [-0.2, 0) is 0 Å². The number of anilines is 1. The van der Waals surface area contributed by atoms with Crippen molar-refractivity contribution in [3.05, 3.63) is 27.9 Å². The van der Waals surface area contributed by atoms with Crippen molar-refractivity contribution in [2.24, 2.45) is 0 Å². The second-order valence-electron chi connectivity index (χ2n) is 4.35. The molecule has 1 aromatic heterocycles. The monoisotopic (exact) mass is 267 g/mol. The smallest absolute Gasteiger partial charge is 0.337 e. The van der Waals surface area contributed by atoms with Gasteiger partial charge in [-0.2, -0.15) is 0 Å². The van der Waals surface area contributed by atoms with Crippen molar-refractivity contribution in [1.29, 1.82) is 0 Å². The van der Waals surface area contributed by atoms with Crippen LogP contribution in [-0.4, -0.2) is 45.3 Å². The fraction of sp³-hybridized carbons (Fsp3) is 0.455. The zero-order valence-corrected chi connectivity index (χ0v) is 10.0. The minimum Gasteiger partial charge on any atom is -0.478 e. The Morgan fingerprint density at radius 2 is 2.11 bits per heavy atom. The fourth-order valence-electron chi connectivity index (χ4n) is 2.02. The van der Waals surface area contributed by atoms with Crippen molar-refractivity contribution in [1.82, 2.24) is 4.98 Å². The molecule has 0 spiro atoms. The molecule has 1 fully saturated rings. The molecule has 0 unspecified atom stereocenters. The van der Waals surface area contributed by atoms with E-state index < -0.39 is 17.0 Å². The van der Waals surface area contributed by atoms with Gasteiger partial charge in [-0.05, 0) is 12.8 Å². The molecule has 8 nitrogen and oxygen atoms in total. The first kappa shape index (κ1) is 13.2. The van der Waals surface area contributed by atoms with Crippen LogP contribution in [0, 0.1) is 10.1 Å². The summed E-state index contributed by atoms with van der Waals surface area (Å²) in [5.41, 5.74) is -0.538. The van der Waals surface area contributed by atoms with E-state index in [9.17, 15) is 20.0 Å². The first-order valence-electron chi connectivity index (χ1n) is 5.80. The zero-order chi connectivity index (χ0) is 14.0. The first-order valence-corrected chi connectivity index (χ1v) is 5.80. The number of piperidine rings is 1. The summed E-state index contributed by atoms with van der Waals surface area (Å²) in [6, 6.07) is 1.01. The number of aromatic nitrogens is 1. The molecular formula is C11H13N3O5. The number of carboxylic acid groups (broad SMARTS) is 1. The summed E-state index contributed by atoms with van der Waals surface area (Å²) in [6.07, 6.45) is 1.74. The number of aliphatic hydroxyl groups excluding tert-OH is 1. The molecule has 1 aromatic rings. The maximum absolute atomic E-state index is 11.0. The first-order chi connectivity index (χ1) is 8.99. The van der Waals surface area contributed by atoms with E-state index in [0.29, 0.717) is 25.9 Å². The molecule has 0 bridgehead atoms. The lowest BCUT2D eigenvalue weighted by atomic mass is 10.1. The van der Waals surface area contributed by atoms with Gasteiger partial charge in [0.1, 0.15) is 0 Å². The van der Waals surface area contributed by atoms with Gasteiger partial charge in [0, 0.05) is 25.4 Å². The Morgan fingerprint density at radius 1 is 1.47 bits per heavy atom. The van der Waals surface area contributed by atoms with Gasteiger partial charge < -0.3 is 15.1 Å². The van der Waals surface area contributed by atoms with Gasteiger partial charge in [-0.3, -0.25) is 10.1 Å². The van der Waals surface area contributed by atoms with Gasteiger partial charge in [0.25, 0.3) is 0 Å². The standard InChI is InChI=1S/C11H13N3O5/c15-8-1-3-13(4-2-8)10-9(14(18)19)5-7(6-12-10)11(16)17/h5-6,8,15H,1-4H2,(H,16,17). The van der Waals surface area contributed by atoms with Crippen molar-refractivity contribution in [3.63, 3.8) is 0 Å². The highest BCUT2D eigenvalue weighted by molar-refractivity contribution is 5.88. The third kappa shape index (κ3) is 2.79. The largest absolute Gasteiger partial charge is 0.478 e. The van der Waals surface area contributed by atoms with Crippen LogP contribution in [0.2, 0.25) is 0 Å². The van der Waals surface area contributed by atoms with E-state index in [1.165, 1.54) is 0 Å². The van der Waals surface area contributed by atoms with E-state index in [4.69, 9.17) is 5.11 Å². The molecule has 102 valence electrons. The molecule has 0 atom stereocenters. The van der Waals surface area contributed by atoms with Crippen LogP contribution in [0.3, 0.4) is 0 Å². The summed E-state index contributed by atoms with van der Waals surface area (Å²) in [5, 5.41) is 29.2. The predicted molar refractivity (Wildman–Crippen MR) is 65.3 cm³/mol. The van der Waals surface area contributed by atoms with E-state index >= 15 is 0 Å². The van der Waals surface area contributed by atoms with Crippen molar-refractivity contribution >= 4 is 17.5 Å². The summed E-state index contributed by atoms with van der Waals surface area (Å²) in [6.45, 7) is 0.919. The minimum atomic E-state index is -1.25. The molecule has 0 aromatic carbocycles. The van der Waals surface area contributed by atoms with E-state index in [1.807, 2.05) is 0 Å².